The predicted molar refractivity (Wildman–Crippen MR) is 99.0 cm³/mol. The Balaban J connectivity index is 1.96. The van der Waals surface area contributed by atoms with Gasteiger partial charge in [-0.1, -0.05) is 0 Å². The number of amides is 1. The molecule has 0 aromatic carbocycles. The van der Waals surface area contributed by atoms with E-state index in [1.54, 1.807) is 0 Å². The fourth-order valence-electron chi connectivity index (χ4n) is 3.10. The van der Waals surface area contributed by atoms with Gasteiger partial charge in [0.25, 0.3) is 5.91 Å². The molecule has 6 nitrogen and oxygen atoms in total. The summed E-state index contributed by atoms with van der Waals surface area (Å²) in [6.45, 7) is 0.0199. The molecule has 0 unspecified atom stereocenters. The Morgan fingerprint density at radius 2 is 1.97 bits per heavy atom. The molecule has 1 saturated heterocycles. The molecule has 1 aliphatic heterocycles. The molecule has 30 heavy (non-hydrogen) atoms. The lowest BCUT2D eigenvalue weighted by molar-refractivity contribution is -0.137. The van der Waals surface area contributed by atoms with E-state index >= 15 is 0 Å². The van der Waals surface area contributed by atoms with Crippen LogP contribution in [0.4, 0.5) is 33.5 Å². The molecule has 1 aliphatic rings. The monoisotopic (exact) mass is 430 g/mol. The van der Waals surface area contributed by atoms with Gasteiger partial charge in [-0.05, 0) is 18.6 Å². The molecule has 0 radical (unpaired) electrons. The fourth-order valence-corrected chi connectivity index (χ4v) is 3.10. The molecule has 0 atom stereocenters. The lowest BCUT2D eigenvalue weighted by Crippen LogP contribution is -2.29. The second-order valence-electron chi connectivity index (χ2n) is 6.83. The van der Waals surface area contributed by atoms with Crippen LogP contribution in [0.15, 0.2) is 30.6 Å². The van der Waals surface area contributed by atoms with Crippen LogP contribution in [-0.2, 0) is 6.18 Å². The summed E-state index contributed by atoms with van der Waals surface area (Å²) >= 11 is 0. The number of carbonyl (C=O) groups is 1. The number of rotatable bonds is 4. The van der Waals surface area contributed by atoms with Gasteiger partial charge in [0, 0.05) is 50.1 Å². The topological polar surface area (TPSA) is 67.3 Å². The number of anilines is 2. The van der Waals surface area contributed by atoms with Crippen molar-refractivity contribution in [1.82, 2.24) is 9.97 Å². The highest BCUT2D eigenvalue weighted by molar-refractivity contribution is 6.07. The third kappa shape index (κ3) is 5.14. The van der Waals surface area contributed by atoms with Crippen molar-refractivity contribution in [3.8, 4) is 5.88 Å². The minimum absolute atomic E-state index is 0.0702. The molecular formula is C19H19F5N4O2. The van der Waals surface area contributed by atoms with E-state index in [1.165, 1.54) is 30.3 Å². The van der Waals surface area contributed by atoms with Gasteiger partial charge in [0.15, 0.2) is 0 Å². The predicted octanol–water partition coefficient (Wildman–Crippen LogP) is 4.38. The summed E-state index contributed by atoms with van der Waals surface area (Å²) in [5.41, 5.74) is -1.22. The summed E-state index contributed by atoms with van der Waals surface area (Å²) in [6.07, 6.45) is -3.44. The van der Waals surface area contributed by atoms with Crippen molar-refractivity contribution in [3.05, 3.63) is 41.7 Å². The molecule has 162 valence electrons. The third-order valence-corrected chi connectivity index (χ3v) is 4.66. The first kappa shape index (κ1) is 21.7. The van der Waals surface area contributed by atoms with Gasteiger partial charge in [-0.3, -0.25) is 4.79 Å². The lowest BCUT2D eigenvalue weighted by Gasteiger charge is -2.24. The van der Waals surface area contributed by atoms with Gasteiger partial charge in [0.2, 0.25) is 11.8 Å². The molecule has 1 fully saturated rings. The van der Waals surface area contributed by atoms with Crippen LogP contribution in [-0.4, -0.2) is 42.0 Å². The van der Waals surface area contributed by atoms with Crippen LogP contribution in [0, 0.1) is 0 Å². The largest absolute Gasteiger partial charge is 0.481 e. The summed E-state index contributed by atoms with van der Waals surface area (Å²) in [4.78, 5) is 21.9. The molecule has 0 bridgehead atoms. The summed E-state index contributed by atoms with van der Waals surface area (Å²) in [5, 5.41) is 2.48. The highest BCUT2D eigenvalue weighted by Crippen LogP contribution is 2.34. The van der Waals surface area contributed by atoms with E-state index in [-0.39, 0.29) is 48.9 Å². The van der Waals surface area contributed by atoms with Gasteiger partial charge in [-0.25, -0.2) is 18.7 Å². The number of hydrogen-bond donors (Lipinski definition) is 1. The molecule has 0 saturated carbocycles. The van der Waals surface area contributed by atoms with E-state index in [2.05, 4.69) is 15.3 Å². The van der Waals surface area contributed by atoms with Crippen molar-refractivity contribution in [3.63, 3.8) is 0 Å². The number of nitrogens with one attached hydrogen (secondary N) is 1. The Kier molecular flexibility index (Phi) is 6.09. The van der Waals surface area contributed by atoms with Gasteiger partial charge in [0.05, 0.1) is 18.2 Å². The second-order valence-corrected chi connectivity index (χ2v) is 6.83. The fraction of sp³-hybridized carbons (Fsp3) is 0.421. The normalized spacial score (nSPS) is 16.7. The molecule has 3 rings (SSSR count). The number of nitrogens with zero attached hydrogens (tertiary/aromatic N) is 3. The SMILES string of the molecule is COc1cc(NC(=O)c2cc(C(F)(F)F)cnc2N2CCCC(F)(F)CC2)ccn1. The zero-order valence-corrected chi connectivity index (χ0v) is 16.0. The number of pyridine rings is 2. The van der Waals surface area contributed by atoms with Crippen LogP contribution in [0.2, 0.25) is 0 Å². The number of halogens is 5. The number of ether oxygens (including phenoxy) is 1. The van der Waals surface area contributed by atoms with Gasteiger partial charge in [-0.2, -0.15) is 13.2 Å². The molecule has 11 heteroatoms. The maximum absolute atomic E-state index is 13.7. The van der Waals surface area contributed by atoms with E-state index in [0.717, 1.165) is 0 Å². The van der Waals surface area contributed by atoms with Crippen LogP contribution in [0.5, 0.6) is 5.88 Å². The quantitative estimate of drug-likeness (QED) is 0.730. The molecule has 2 aromatic heterocycles. The van der Waals surface area contributed by atoms with Gasteiger partial charge in [-0.15, -0.1) is 0 Å². The zero-order chi connectivity index (χ0) is 21.9. The van der Waals surface area contributed by atoms with Crippen LogP contribution in [0.1, 0.15) is 35.2 Å². The Morgan fingerprint density at radius 1 is 1.20 bits per heavy atom. The van der Waals surface area contributed by atoms with Crippen LogP contribution in [0.3, 0.4) is 0 Å². The average molecular weight is 430 g/mol. The maximum Gasteiger partial charge on any atom is 0.417 e. The Bertz CT molecular complexity index is 920. The molecule has 0 spiro atoms. The van der Waals surface area contributed by atoms with Crippen LogP contribution in [0.25, 0.3) is 0 Å². The maximum atomic E-state index is 13.7. The molecule has 1 amide bonds. The highest BCUT2D eigenvalue weighted by Gasteiger charge is 2.35. The zero-order valence-electron chi connectivity index (χ0n) is 16.0. The van der Waals surface area contributed by atoms with Crippen LogP contribution < -0.4 is 15.0 Å². The lowest BCUT2D eigenvalue weighted by atomic mass is 10.1. The first-order valence-corrected chi connectivity index (χ1v) is 9.10. The summed E-state index contributed by atoms with van der Waals surface area (Å²) in [7, 11) is 1.37. The van der Waals surface area contributed by atoms with E-state index in [0.29, 0.717) is 12.3 Å². The Morgan fingerprint density at radius 3 is 2.67 bits per heavy atom. The minimum Gasteiger partial charge on any atom is -0.481 e. The first-order valence-electron chi connectivity index (χ1n) is 9.10. The van der Waals surface area contributed by atoms with Crippen molar-refractivity contribution in [2.45, 2.75) is 31.4 Å². The number of aromatic nitrogens is 2. The number of methoxy groups -OCH3 is 1. The van der Waals surface area contributed by atoms with Gasteiger partial charge < -0.3 is 15.0 Å². The highest BCUT2D eigenvalue weighted by atomic mass is 19.4. The number of alkyl halides is 5. The van der Waals surface area contributed by atoms with Crippen molar-refractivity contribution in [1.29, 1.82) is 0 Å². The van der Waals surface area contributed by atoms with E-state index in [9.17, 15) is 26.7 Å². The first-order chi connectivity index (χ1) is 14.1. The van der Waals surface area contributed by atoms with Crippen molar-refractivity contribution in [2.24, 2.45) is 0 Å². The summed E-state index contributed by atoms with van der Waals surface area (Å²) in [6, 6.07) is 3.51. The van der Waals surface area contributed by atoms with E-state index in [4.69, 9.17) is 4.74 Å². The summed E-state index contributed by atoms with van der Waals surface area (Å²) in [5.74, 6) is -3.59. The molecule has 2 aromatic rings. The standard InChI is InChI=1S/C19H19F5N4O2/c1-30-15-10-13(3-6-25-15)27-17(29)14-9-12(19(22,23)24)11-26-16(14)28-7-2-4-18(20,21)5-8-28/h3,6,9-11H,2,4-5,7-8H2,1H3,(H,25,27,29). The van der Waals surface area contributed by atoms with Crippen molar-refractivity contribution < 1.29 is 31.5 Å². The molecular weight excluding hydrogens is 411 g/mol. The third-order valence-electron chi connectivity index (χ3n) is 4.66. The Hall–Kier alpha value is -2.98. The van der Waals surface area contributed by atoms with E-state index in [1.807, 2.05) is 0 Å². The van der Waals surface area contributed by atoms with Crippen molar-refractivity contribution in [2.75, 3.05) is 30.4 Å². The Labute approximate surface area is 169 Å². The minimum atomic E-state index is -4.72. The van der Waals surface area contributed by atoms with E-state index < -0.39 is 30.0 Å². The smallest absolute Gasteiger partial charge is 0.417 e. The molecule has 3 heterocycles. The molecule has 1 N–H and O–H groups in total. The van der Waals surface area contributed by atoms with Crippen LogP contribution >= 0.6 is 0 Å². The number of carbonyl (C=O) groups excluding carboxylic acids is 1. The summed E-state index contributed by atoms with van der Waals surface area (Å²) < 4.78 is 71.9. The van der Waals surface area contributed by atoms with Gasteiger partial charge in [0.1, 0.15) is 5.82 Å². The van der Waals surface area contributed by atoms with Gasteiger partial charge >= 0.3 is 6.18 Å². The number of hydrogen-bond acceptors (Lipinski definition) is 5. The van der Waals surface area contributed by atoms with Crippen molar-refractivity contribution >= 4 is 17.4 Å². The average Bonchev–Trinajstić information content (AvgIpc) is 2.87. The second kappa shape index (κ2) is 8.41. The molecule has 0 aliphatic carbocycles.